The van der Waals surface area contributed by atoms with E-state index < -0.39 is 19.5 Å². The van der Waals surface area contributed by atoms with Crippen LogP contribution in [0.1, 0.15) is 38.8 Å². The summed E-state index contributed by atoms with van der Waals surface area (Å²) in [4.78, 5) is 20.8. The summed E-state index contributed by atoms with van der Waals surface area (Å²) in [6, 6.07) is 5.56. The molecular weight excluding hydrogens is 446 g/mol. The van der Waals surface area contributed by atoms with Gasteiger partial charge in [0.05, 0.1) is 11.8 Å². The van der Waals surface area contributed by atoms with Crippen LogP contribution in [-0.4, -0.2) is 45.0 Å². The van der Waals surface area contributed by atoms with E-state index in [9.17, 15) is 14.4 Å². The van der Waals surface area contributed by atoms with Crippen LogP contribution in [0.15, 0.2) is 18.3 Å². The lowest BCUT2D eigenvalue weighted by Crippen LogP contribution is -2.46. The predicted molar refractivity (Wildman–Crippen MR) is 128 cm³/mol. The summed E-state index contributed by atoms with van der Waals surface area (Å²) < 4.78 is 21.1. The van der Waals surface area contributed by atoms with Crippen molar-refractivity contribution in [3.63, 3.8) is 0 Å². The third kappa shape index (κ3) is 4.45. The van der Waals surface area contributed by atoms with Gasteiger partial charge in [-0.15, -0.1) is 0 Å². The first-order valence-corrected chi connectivity index (χ1v) is 13.6. The third-order valence-corrected chi connectivity index (χ3v) is 11.1. The average Bonchev–Trinajstić information content (AvgIpc) is 2.99. The zero-order valence-electron chi connectivity index (χ0n) is 19.2. The highest BCUT2D eigenvalue weighted by Crippen LogP contribution is 2.46. The Labute approximate surface area is 195 Å². The molecule has 1 aromatic heterocycles. The molecule has 1 aromatic carbocycles. The fraction of sp³-hybridized carbons (Fsp3) is 0.455. The molecule has 6 nitrogen and oxygen atoms in total. The van der Waals surface area contributed by atoms with Crippen LogP contribution in [0.25, 0.3) is 11.3 Å². The number of benzene rings is 1. The lowest BCUT2D eigenvalue weighted by Gasteiger charge is -2.39. The molecule has 0 N–H and O–H groups in total. The molecule has 2 aromatic rings. The van der Waals surface area contributed by atoms with E-state index in [1.54, 1.807) is 10.9 Å². The molecule has 1 aliphatic heterocycles. The van der Waals surface area contributed by atoms with Gasteiger partial charge in [-0.1, -0.05) is 27.7 Å². The molecule has 32 heavy (non-hydrogen) atoms. The molecule has 167 valence electrons. The van der Waals surface area contributed by atoms with E-state index in [-0.39, 0.29) is 16.0 Å². The molecule has 1 atom stereocenters. The van der Waals surface area contributed by atoms with Gasteiger partial charge in [-0.05, 0) is 47.4 Å². The fourth-order valence-corrected chi connectivity index (χ4v) is 4.84. The van der Waals surface area contributed by atoms with Gasteiger partial charge >= 0.3 is 7.41 Å². The molecule has 0 bridgehead atoms. The molecule has 3 rings (SSSR count). The van der Waals surface area contributed by atoms with E-state index in [1.807, 2.05) is 13.0 Å². The average molecular weight is 472 g/mol. The summed E-state index contributed by atoms with van der Waals surface area (Å²) in [6.45, 7) is 13.8. The standard InChI is InChI=1S/C22H26BClFN4O2Si/c1-21(2,3)32(5,6)31-12-22(4)11-29(23-13-30)19-15(9-26)7-14(8-16(19)22)18-17(25)10-27-20(24)28-18/h7-8,10,13H,11-12H2,1-6H3/t22-/m1/s1. The van der Waals surface area contributed by atoms with Crippen LogP contribution >= 0.6 is 11.6 Å². The third-order valence-electron chi connectivity index (χ3n) is 6.47. The number of fused-ring (bicyclic) bond motifs is 1. The Bertz CT molecular complexity index is 1100. The van der Waals surface area contributed by atoms with Gasteiger partial charge in [0.25, 0.3) is 0 Å². The number of carbonyl (C=O) groups excluding carboxylic acids is 1. The predicted octanol–water partition coefficient (Wildman–Crippen LogP) is 4.72. The van der Waals surface area contributed by atoms with Crippen molar-refractivity contribution in [1.82, 2.24) is 9.97 Å². The molecule has 10 heteroatoms. The van der Waals surface area contributed by atoms with Crippen LogP contribution in [0, 0.1) is 17.1 Å². The lowest BCUT2D eigenvalue weighted by atomic mass is 9.83. The molecule has 0 fully saturated rings. The van der Waals surface area contributed by atoms with Crippen molar-refractivity contribution in [2.24, 2.45) is 0 Å². The van der Waals surface area contributed by atoms with Crippen LogP contribution < -0.4 is 4.81 Å². The lowest BCUT2D eigenvalue weighted by molar-refractivity contribution is 0.219. The summed E-state index contributed by atoms with van der Waals surface area (Å²) in [6.07, 6.45) is 1.71. The van der Waals surface area contributed by atoms with Crippen molar-refractivity contribution < 1.29 is 13.6 Å². The Morgan fingerprint density at radius 2 is 2.12 bits per heavy atom. The number of aromatic nitrogens is 2. The Morgan fingerprint density at radius 3 is 2.72 bits per heavy atom. The molecule has 0 saturated heterocycles. The van der Waals surface area contributed by atoms with Crippen molar-refractivity contribution in [2.45, 2.75) is 51.2 Å². The van der Waals surface area contributed by atoms with Crippen molar-refractivity contribution >= 4 is 39.2 Å². The number of halogens is 2. The molecule has 1 aliphatic rings. The van der Waals surface area contributed by atoms with Crippen LogP contribution in [0.5, 0.6) is 0 Å². The Morgan fingerprint density at radius 1 is 1.44 bits per heavy atom. The number of nitriles is 1. The fourth-order valence-electron chi connectivity index (χ4n) is 3.59. The summed E-state index contributed by atoms with van der Waals surface area (Å²) in [5, 5.41) is 9.81. The number of hydrogen-bond acceptors (Lipinski definition) is 6. The first-order valence-electron chi connectivity index (χ1n) is 10.3. The molecule has 0 spiro atoms. The highest BCUT2D eigenvalue weighted by atomic mass is 35.5. The van der Waals surface area contributed by atoms with Gasteiger partial charge in [0.1, 0.15) is 17.9 Å². The van der Waals surface area contributed by atoms with E-state index in [1.165, 1.54) is 7.41 Å². The van der Waals surface area contributed by atoms with E-state index in [0.29, 0.717) is 36.2 Å². The maximum Gasteiger partial charge on any atom is 0.329 e. The highest BCUT2D eigenvalue weighted by molar-refractivity contribution is 6.74. The number of carbonyl (C=O) groups is 1. The Kier molecular flexibility index (Phi) is 6.53. The number of rotatable bonds is 6. The first-order chi connectivity index (χ1) is 14.8. The molecule has 2 heterocycles. The second-order valence-corrected chi connectivity index (χ2v) is 15.0. The first kappa shape index (κ1) is 24.4. The number of anilines is 1. The summed E-state index contributed by atoms with van der Waals surface area (Å²) in [5.41, 5.74) is 1.67. The minimum atomic E-state index is -2.06. The highest BCUT2D eigenvalue weighted by Gasteiger charge is 2.44. The second kappa shape index (κ2) is 8.58. The second-order valence-electron chi connectivity index (χ2n) is 9.89. The molecule has 0 amide bonds. The molecule has 0 saturated carbocycles. The number of hydrogen-bond donors (Lipinski definition) is 0. The van der Waals surface area contributed by atoms with E-state index in [2.05, 4.69) is 49.9 Å². The maximum absolute atomic E-state index is 14.5. The van der Waals surface area contributed by atoms with Crippen LogP contribution in [-0.2, 0) is 14.6 Å². The Hall–Kier alpha value is -2.28. The summed E-state index contributed by atoms with van der Waals surface area (Å²) in [7, 11) is -0.643. The zero-order chi connectivity index (χ0) is 23.9. The van der Waals surface area contributed by atoms with Crippen LogP contribution in [0.3, 0.4) is 0 Å². The zero-order valence-corrected chi connectivity index (χ0v) is 20.9. The summed E-state index contributed by atoms with van der Waals surface area (Å²) in [5.74, 6) is -0.633. The van der Waals surface area contributed by atoms with Crippen LogP contribution in [0.2, 0.25) is 23.4 Å². The largest absolute Gasteiger partial charge is 0.416 e. The van der Waals surface area contributed by atoms with Crippen molar-refractivity contribution in [3.8, 4) is 17.3 Å². The van der Waals surface area contributed by atoms with E-state index in [0.717, 1.165) is 11.8 Å². The van der Waals surface area contributed by atoms with Gasteiger partial charge in [0.15, 0.2) is 14.1 Å². The molecule has 0 unspecified atom stereocenters. The van der Waals surface area contributed by atoms with Gasteiger partial charge in [-0.3, -0.25) is 0 Å². The monoisotopic (exact) mass is 471 g/mol. The van der Waals surface area contributed by atoms with Crippen molar-refractivity contribution in [2.75, 3.05) is 18.0 Å². The van der Waals surface area contributed by atoms with Crippen molar-refractivity contribution in [3.05, 3.63) is 40.6 Å². The molecular formula is C22H26BClFN4O2Si. The van der Waals surface area contributed by atoms with Gasteiger partial charge in [0, 0.05) is 29.8 Å². The minimum Gasteiger partial charge on any atom is -0.416 e. The maximum atomic E-state index is 14.5. The van der Waals surface area contributed by atoms with E-state index in [4.69, 9.17) is 16.0 Å². The SMILES string of the molecule is CC(C)(C)[Si](C)(C)OC[C@@]1(C)CN([B]C=O)c2c(C#N)cc(-c3nc(Cl)ncc3F)cc21. The minimum absolute atomic E-state index is 0.0229. The van der Waals surface area contributed by atoms with Crippen LogP contribution in [0.4, 0.5) is 10.1 Å². The normalized spacial score (nSPS) is 18.3. The topological polar surface area (TPSA) is 79.1 Å². The van der Waals surface area contributed by atoms with Gasteiger partial charge in [0.2, 0.25) is 5.28 Å². The van der Waals surface area contributed by atoms with Crippen molar-refractivity contribution in [1.29, 1.82) is 5.26 Å². The Balaban J connectivity index is 2.15. The quantitative estimate of drug-likeness (QED) is 0.345. The molecule has 0 aliphatic carbocycles. The number of nitrogens with zero attached hydrogens (tertiary/aromatic N) is 4. The van der Waals surface area contributed by atoms with Gasteiger partial charge in [-0.25, -0.2) is 14.4 Å². The summed E-state index contributed by atoms with van der Waals surface area (Å²) >= 11 is 5.90. The van der Waals surface area contributed by atoms with E-state index >= 15 is 0 Å². The smallest absolute Gasteiger partial charge is 0.329 e. The van der Waals surface area contributed by atoms with Gasteiger partial charge < -0.3 is 14.0 Å². The van der Waals surface area contributed by atoms with Gasteiger partial charge in [-0.2, -0.15) is 5.26 Å². The molecule has 1 radical (unpaired) electrons.